The Morgan fingerprint density at radius 1 is 0.491 bits per heavy atom. The van der Waals surface area contributed by atoms with E-state index in [1.165, 1.54) is 0 Å². The zero-order valence-corrected chi connectivity index (χ0v) is 32.2. The highest BCUT2D eigenvalue weighted by molar-refractivity contribution is 5.72. The molecule has 1 unspecified atom stereocenters. The third-order valence-corrected chi connectivity index (χ3v) is 9.36. The van der Waals surface area contributed by atoms with Gasteiger partial charge in [-0.1, -0.05) is 91.9 Å². The molecule has 0 bridgehead atoms. The normalized spacial score (nSPS) is 28.6. The number of hydrogen-bond acceptors (Lipinski definition) is 15. The first-order valence-electron chi connectivity index (χ1n) is 19.9. The van der Waals surface area contributed by atoms with Gasteiger partial charge < -0.3 is 53.6 Å². The van der Waals surface area contributed by atoms with Crippen LogP contribution in [0.4, 0.5) is 0 Å². The first-order chi connectivity index (χ1) is 25.5. The molecule has 0 amide bonds. The second-order valence-corrected chi connectivity index (χ2v) is 14.0. The van der Waals surface area contributed by atoms with Crippen LogP contribution in [0.25, 0.3) is 0 Å². The van der Waals surface area contributed by atoms with Crippen molar-refractivity contribution in [2.24, 2.45) is 0 Å². The van der Waals surface area contributed by atoms with E-state index in [2.05, 4.69) is 6.92 Å². The van der Waals surface area contributed by atoms with E-state index in [4.69, 9.17) is 33.2 Å². The molecule has 308 valence electrons. The quantitative estimate of drug-likeness (QED) is 0.0559. The summed E-state index contributed by atoms with van der Waals surface area (Å²) >= 11 is 0. The molecule has 2 aliphatic heterocycles. The number of carbonyl (C=O) groups is 4. The molecule has 2 rings (SSSR count). The van der Waals surface area contributed by atoms with Crippen LogP contribution in [0.5, 0.6) is 0 Å². The van der Waals surface area contributed by atoms with Crippen LogP contribution in [-0.2, 0) is 52.3 Å². The lowest BCUT2D eigenvalue weighted by Crippen LogP contribution is -2.65. The van der Waals surface area contributed by atoms with Gasteiger partial charge in [-0.25, -0.2) is 0 Å². The Morgan fingerprint density at radius 2 is 0.925 bits per heavy atom. The summed E-state index contributed by atoms with van der Waals surface area (Å²) in [6.45, 7) is 6.83. The van der Waals surface area contributed by atoms with Gasteiger partial charge in [0.25, 0.3) is 0 Å². The smallest absolute Gasteiger partial charge is 0.306 e. The monoisotopic (exact) mass is 762 g/mol. The highest BCUT2D eigenvalue weighted by Crippen LogP contribution is 2.33. The second kappa shape index (κ2) is 26.4. The predicted octanol–water partition coefficient (Wildman–Crippen LogP) is 3.91. The molecule has 0 aromatic rings. The lowest BCUT2D eigenvalue weighted by atomic mass is 9.97. The highest BCUT2D eigenvalue weighted by atomic mass is 16.8. The minimum atomic E-state index is -1.86. The van der Waals surface area contributed by atoms with Crippen molar-refractivity contribution in [3.8, 4) is 0 Å². The van der Waals surface area contributed by atoms with Crippen LogP contribution in [0.3, 0.4) is 0 Å². The number of hydrogen-bond donors (Lipinski definition) is 4. The van der Waals surface area contributed by atoms with Crippen LogP contribution in [-0.4, -0.2) is 119 Å². The molecule has 15 heteroatoms. The summed E-state index contributed by atoms with van der Waals surface area (Å²) in [6, 6.07) is 0. The molecule has 2 fully saturated rings. The Balaban J connectivity index is 2.55. The minimum absolute atomic E-state index is 0.00439. The standard InChI is InChI=1S/C38H66O15/c1-5-9-13-14-18-22-30(43)52-36-35(51-29(42)21-17-12-8-4)34(50-28(41)20-16-11-7-3)26(24-47-27(40)19-15-10-6-2)49-38(36)53-37-33(46)32(45)31(44)25(23-39)48-37/h25-26,31-39,44-46H,5-24H2,1-4H3/t25-,26-,31+,32+,33-,34-,35+,36+,37?,38+/m1/s1. The number of unbranched alkanes of at least 4 members (excludes halogenated alkanes) is 10. The summed E-state index contributed by atoms with van der Waals surface area (Å²) < 4.78 is 41.1. The number of carbonyl (C=O) groups excluding carboxylic acids is 4. The number of ether oxygens (including phenoxy) is 7. The molecule has 0 aliphatic carbocycles. The van der Waals surface area contributed by atoms with Crippen molar-refractivity contribution in [3.63, 3.8) is 0 Å². The molecule has 53 heavy (non-hydrogen) atoms. The molecule has 0 aromatic heterocycles. The SMILES string of the molecule is CCCCCCCC(=O)O[C@@H]1[C@H](OC2O[C@H](CO)[C@H](O)[C@H](O)[C@H]2O)O[C@H](COC(=O)CCCCC)[C@@H](OC(=O)CCCCC)[C@@H]1OC(=O)CCCCC. The van der Waals surface area contributed by atoms with Gasteiger partial charge in [-0.3, -0.25) is 19.2 Å². The van der Waals surface area contributed by atoms with Gasteiger partial charge in [-0.15, -0.1) is 0 Å². The maximum Gasteiger partial charge on any atom is 0.306 e. The topological polar surface area (TPSA) is 214 Å². The van der Waals surface area contributed by atoms with Crippen molar-refractivity contribution < 1.29 is 72.8 Å². The van der Waals surface area contributed by atoms with Crippen molar-refractivity contribution in [1.29, 1.82) is 0 Å². The largest absolute Gasteiger partial charge is 0.463 e. The van der Waals surface area contributed by atoms with Gasteiger partial charge in [0.15, 0.2) is 24.6 Å². The van der Waals surface area contributed by atoms with Gasteiger partial charge in [0.1, 0.15) is 37.1 Å². The van der Waals surface area contributed by atoms with E-state index in [1.54, 1.807) is 0 Å². The Hall–Kier alpha value is -2.40. The van der Waals surface area contributed by atoms with Crippen LogP contribution in [0, 0.1) is 0 Å². The van der Waals surface area contributed by atoms with Crippen molar-refractivity contribution in [2.45, 2.75) is 205 Å². The molecule has 2 aliphatic rings. The summed E-state index contributed by atoms with van der Waals surface area (Å²) in [5, 5.41) is 41.4. The molecular formula is C38H66O15. The van der Waals surface area contributed by atoms with E-state index >= 15 is 0 Å². The predicted molar refractivity (Wildman–Crippen MR) is 190 cm³/mol. The van der Waals surface area contributed by atoms with Gasteiger partial charge in [-0.05, 0) is 25.7 Å². The molecular weight excluding hydrogens is 696 g/mol. The zero-order chi connectivity index (χ0) is 39.2. The second-order valence-electron chi connectivity index (χ2n) is 14.0. The fourth-order valence-electron chi connectivity index (χ4n) is 6.15. The maximum atomic E-state index is 13.4. The van der Waals surface area contributed by atoms with E-state index in [0.29, 0.717) is 25.7 Å². The molecule has 0 radical (unpaired) electrons. The number of esters is 4. The van der Waals surface area contributed by atoms with Crippen LogP contribution in [0.15, 0.2) is 0 Å². The van der Waals surface area contributed by atoms with Crippen molar-refractivity contribution >= 4 is 23.9 Å². The van der Waals surface area contributed by atoms with Crippen LogP contribution in [0.2, 0.25) is 0 Å². The lowest BCUT2D eigenvalue weighted by Gasteiger charge is -2.47. The molecule has 4 N–H and O–H groups in total. The Morgan fingerprint density at radius 3 is 1.45 bits per heavy atom. The molecule has 0 spiro atoms. The molecule has 0 aromatic carbocycles. The lowest BCUT2D eigenvalue weighted by molar-refractivity contribution is -0.377. The van der Waals surface area contributed by atoms with Crippen LogP contribution >= 0.6 is 0 Å². The molecule has 0 saturated carbocycles. The Labute approximate surface area is 314 Å². The highest BCUT2D eigenvalue weighted by Gasteiger charge is 2.55. The van der Waals surface area contributed by atoms with E-state index in [0.717, 1.165) is 64.2 Å². The van der Waals surface area contributed by atoms with Crippen molar-refractivity contribution in [3.05, 3.63) is 0 Å². The first kappa shape index (κ1) is 46.8. The fraction of sp³-hybridized carbons (Fsp3) is 0.895. The third-order valence-electron chi connectivity index (χ3n) is 9.36. The van der Waals surface area contributed by atoms with Crippen LogP contribution < -0.4 is 0 Å². The summed E-state index contributed by atoms with van der Waals surface area (Å²) in [4.78, 5) is 52.7. The molecule has 15 nitrogen and oxygen atoms in total. The van der Waals surface area contributed by atoms with Gasteiger partial charge in [0, 0.05) is 25.7 Å². The summed E-state index contributed by atoms with van der Waals surface area (Å²) in [5.74, 6) is -2.52. The number of aliphatic hydroxyl groups excluding tert-OH is 4. The maximum absolute atomic E-state index is 13.4. The van der Waals surface area contributed by atoms with Gasteiger partial charge in [0.05, 0.1) is 6.61 Å². The average molecular weight is 763 g/mol. The van der Waals surface area contributed by atoms with Gasteiger partial charge >= 0.3 is 23.9 Å². The van der Waals surface area contributed by atoms with E-state index in [1.807, 2.05) is 20.8 Å². The van der Waals surface area contributed by atoms with E-state index in [-0.39, 0.29) is 25.7 Å². The zero-order valence-electron chi connectivity index (χ0n) is 32.2. The summed E-state index contributed by atoms with van der Waals surface area (Å²) in [7, 11) is 0. The van der Waals surface area contributed by atoms with Crippen LogP contribution in [0.1, 0.15) is 143 Å². The van der Waals surface area contributed by atoms with Gasteiger partial charge in [-0.2, -0.15) is 0 Å². The molecule has 2 saturated heterocycles. The number of aliphatic hydroxyl groups is 4. The molecule has 2 heterocycles. The van der Waals surface area contributed by atoms with Crippen molar-refractivity contribution in [1.82, 2.24) is 0 Å². The third kappa shape index (κ3) is 16.5. The fourth-order valence-corrected chi connectivity index (χ4v) is 6.15. The van der Waals surface area contributed by atoms with Gasteiger partial charge in [0.2, 0.25) is 6.29 Å². The minimum Gasteiger partial charge on any atom is -0.463 e. The molecule has 10 atom stereocenters. The summed E-state index contributed by atoms with van der Waals surface area (Å²) in [6.07, 6.45) is -5.04. The first-order valence-corrected chi connectivity index (χ1v) is 19.9. The number of rotatable bonds is 26. The average Bonchev–Trinajstić information content (AvgIpc) is 3.13. The van der Waals surface area contributed by atoms with Crippen molar-refractivity contribution in [2.75, 3.05) is 13.2 Å². The van der Waals surface area contributed by atoms with E-state index in [9.17, 15) is 39.6 Å². The Kier molecular flexibility index (Phi) is 23.3. The summed E-state index contributed by atoms with van der Waals surface area (Å²) in [5.41, 5.74) is 0. The van der Waals surface area contributed by atoms with E-state index < -0.39 is 98.5 Å². The Bertz CT molecular complexity index is 1050.